The van der Waals surface area contributed by atoms with Gasteiger partial charge in [-0.2, -0.15) is 0 Å². The van der Waals surface area contributed by atoms with Crippen molar-refractivity contribution < 1.29 is 42.7 Å². The van der Waals surface area contributed by atoms with E-state index < -0.39 is 32.5 Å². The predicted molar refractivity (Wildman–Crippen MR) is 151 cm³/mol. The second-order valence-corrected chi connectivity index (χ2v) is 11.5. The fourth-order valence-electron chi connectivity index (χ4n) is 4.10. The van der Waals surface area contributed by atoms with Crippen LogP contribution in [0.3, 0.4) is 0 Å². The van der Waals surface area contributed by atoms with Crippen LogP contribution in [0.15, 0.2) is 0 Å². The maximum atomic E-state index is 12.1. The van der Waals surface area contributed by atoms with Gasteiger partial charge < -0.3 is 24.6 Å². The molecule has 0 aromatic carbocycles. The zero-order chi connectivity index (χ0) is 29.2. The number of hydrogen-bond acceptors (Lipinski definition) is 7. The van der Waals surface area contributed by atoms with Crippen LogP contribution < -0.4 is 5.32 Å². The number of esters is 2. The van der Waals surface area contributed by atoms with Crippen LogP contribution in [0.25, 0.3) is 0 Å². The van der Waals surface area contributed by atoms with E-state index in [2.05, 4.69) is 16.8 Å². The van der Waals surface area contributed by atoms with Crippen LogP contribution >= 0.6 is 7.82 Å². The molecule has 0 aliphatic rings. The molecule has 0 saturated carbocycles. The van der Waals surface area contributed by atoms with Crippen molar-refractivity contribution >= 4 is 25.7 Å². The van der Waals surface area contributed by atoms with Crippen molar-refractivity contribution in [1.29, 1.82) is 0 Å². The Labute approximate surface area is 235 Å². The minimum absolute atomic E-state index is 0.0309. The third-order valence-corrected chi connectivity index (χ3v) is 6.81. The molecular formula is C28H54NO9P. The highest BCUT2D eigenvalue weighted by Crippen LogP contribution is 2.35. The van der Waals surface area contributed by atoms with Crippen molar-refractivity contribution in [1.82, 2.24) is 5.32 Å². The maximum Gasteiger partial charge on any atom is 0.469 e. The zero-order valence-electron chi connectivity index (χ0n) is 24.3. The first kappa shape index (κ1) is 37.5. The fraction of sp³-hybridized carbons (Fsp3) is 0.893. The molecule has 0 rings (SSSR count). The van der Waals surface area contributed by atoms with E-state index in [9.17, 15) is 18.9 Å². The smallest absolute Gasteiger partial charge is 0.462 e. The second kappa shape index (κ2) is 25.5. The fourth-order valence-corrected chi connectivity index (χ4v) is 4.46. The molecule has 0 radical (unpaired) electrons. The highest BCUT2D eigenvalue weighted by atomic mass is 31.2. The third kappa shape index (κ3) is 29.3. The Balaban J connectivity index is 3.92. The molecule has 0 aromatic rings. The Hall–Kier alpha value is -1.48. The van der Waals surface area contributed by atoms with Crippen molar-refractivity contribution in [3.8, 4) is 0 Å². The first-order valence-corrected chi connectivity index (χ1v) is 16.5. The highest BCUT2D eigenvalue weighted by molar-refractivity contribution is 7.46. The second-order valence-electron chi connectivity index (χ2n) is 10.2. The number of ether oxygens (including phenoxy) is 2. The monoisotopic (exact) mass is 579 g/mol. The summed E-state index contributed by atoms with van der Waals surface area (Å²) in [5.74, 6) is -0.896. The van der Waals surface area contributed by atoms with E-state index in [0.29, 0.717) is 12.8 Å². The Morgan fingerprint density at radius 3 is 1.64 bits per heavy atom. The summed E-state index contributed by atoms with van der Waals surface area (Å²) in [6, 6.07) is 0. The molecule has 0 aromatic heterocycles. The Bertz CT molecular complexity index is 684. The molecule has 11 heteroatoms. The lowest BCUT2D eigenvalue weighted by Crippen LogP contribution is -2.29. The number of nitrogens with one attached hydrogen (secondary N) is 1. The van der Waals surface area contributed by atoms with Gasteiger partial charge in [0.1, 0.15) is 6.61 Å². The third-order valence-electron chi connectivity index (χ3n) is 6.32. The van der Waals surface area contributed by atoms with Gasteiger partial charge in [0.2, 0.25) is 5.91 Å². The van der Waals surface area contributed by atoms with Crippen LogP contribution in [0.5, 0.6) is 0 Å². The molecule has 0 aliphatic carbocycles. The summed E-state index contributed by atoms with van der Waals surface area (Å²) >= 11 is 0. The molecule has 0 unspecified atom stereocenters. The molecule has 10 nitrogen and oxygen atoms in total. The number of phosphoric acid groups is 1. The van der Waals surface area contributed by atoms with Crippen LogP contribution in [-0.2, 0) is 32.9 Å². The largest absolute Gasteiger partial charge is 0.469 e. The van der Waals surface area contributed by atoms with Gasteiger partial charge in [-0.25, -0.2) is 4.57 Å². The average Bonchev–Trinajstić information content (AvgIpc) is 2.87. The van der Waals surface area contributed by atoms with E-state index in [-0.39, 0.29) is 25.4 Å². The van der Waals surface area contributed by atoms with Crippen molar-refractivity contribution in [2.45, 2.75) is 142 Å². The minimum Gasteiger partial charge on any atom is -0.462 e. The van der Waals surface area contributed by atoms with Gasteiger partial charge in [-0.15, -0.1) is 0 Å². The molecular weight excluding hydrogens is 525 g/mol. The molecule has 0 bridgehead atoms. The highest BCUT2D eigenvalue weighted by Gasteiger charge is 2.22. The molecule has 0 heterocycles. The summed E-state index contributed by atoms with van der Waals surface area (Å²) in [5.41, 5.74) is 0. The average molecular weight is 580 g/mol. The number of carbonyl (C=O) groups is 3. The summed E-state index contributed by atoms with van der Waals surface area (Å²) < 4.78 is 26.0. The van der Waals surface area contributed by atoms with Gasteiger partial charge in [-0.3, -0.25) is 18.9 Å². The van der Waals surface area contributed by atoms with E-state index in [1.807, 2.05) is 0 Å². The number of hydrogen-bond donors (Lipinski definition) is 3. The van der Waals surface area contributed by atoms with E-state index in [1.54, 1.807) is 0 Å². The molecule has 0 saturated heterocycles. The number of amides is 1. The molecule has 0 aliphatic heterocycles. The van der Waals surface area contributed by atoms with Crippen LogP contribution in [0.4, 0.5) is 0 Å². The van der Waals surface area contributed by atoms with Crippen LogP contribution in [-0.4, -0.2) is 53.5 Å². The first-order chi connectivity index (χ1) is 18.6. The Morgan fingerprint density at radius 1 is 0.692 bits per heavy atom. The first-order valence-electron chi connectivity index (χ1n) is 14.9. The number of unbranched alkanes of at least 4 members (excludes halogenated alkanes) is 15. The lowest BCUT2D eigenvalue weighted by atomic mass is 10.1. The van der Waals surface area contributed by atoms with Gasteiger partial charge in [0.15, 0.2) is 6.10 Å². The molecule has 230 valence electrons. The number of rotatable bonds is 27. The lowest BCUT2D eigenvalue weighted by Gasteiger charge is -2.18. The minimum atomic E-state index is -4.74. The summed E-state index contributed by atoms with van der Waals surface area (Å²) in [4.78, 5) is 52.9. The Morgan fingerprint density at radius 2 is 1.15 bits per heavy atom. The lowest BCUT2D eigenvalue weighted by molar-refractivity contribution is -0.161. The van der Waals surface area contributed by atoms with Crippen LogP contribution in [0.2, 0.25) is 0 Å². The number of phosphoric ester groups is 1. The quantitative estimate of drug-likeness (QED) is 0.0594. The maximum absolute atomic E-state index is 12.1. The standard InChI is InChI=1S/C28H54NO9P/c1-3-4-5-6-14-18-21-28(32)38-26(24-37-39(33,34)35)23-36-27(31)20-17-15-12-10-8-7-9-11-13-16-19-22-29-25(2)30/h26H,3-24H2,1-2H3,(H,29,30)(H2,33,34,35)/t26-/m0/s1. The van der Waals surface area contributed by atoms with Crippen molar-refractivity contribution in [2.24, 2.45) is 0 Å². The molecule has 1 atom stereocenters. The van der Waals surface area contributed by atoms with Crippen LogP contribution in [0, 0.1) is 0 Å². The van der Waals surface area contributed by atoms with Crippen molar-refractivity contribution in [3.63, 3.8) is 0 Å². The SMILES string of the molecule is CCCCCCCCC(=O)O[C@@H](COC(=O)CCCCCCCCCCCCCNC(C)=O)COP(=O)(O)O. The molecule has 3 N–H and O–H groups in total. The van der Waals surface area contributed by atoms with Gasteiger partial charge in [0.05, 0.1) is 6.61 Å². The van der Waals surface area contributed by atoms with Gasteiger partial charge in [-0.05, 0) is 19.3 Å². The molecule has 0 spiro atoms. The number of carbonyl (C=O) groups excluding carboxylic acids is 3. The van der Waals surface area contributed by atoms with Gasteiger partial charge in [0, 0.05) is 26.3 Å². The van der Waals surface area contributed by atoms with Crippen molar-refractivity contribution in [3.05, 3.63) is 0 Å². The summed E-state index contributed by atoms with van der Waals surface area (Å²) in [5, 5.41) is 2.81. The van der Waals surface area contributed by atoms with E-state index in [0.717, 1.165) is 64.3 Å². The normalized spacial score (nSPS) is 12.2. The van der Waals surface area contributed by atoms with Gasteiger partial charge in [-0.1, -0.05) is 96.8 Å². The summed E-state index contributed by atoms with van der Waals surface area (Å²) in [6.07, 6.45) is 17.5. The summed E-state index contributed by atoms with van der Waals surface area (Å²) in [6.45, 7) is 3.60. The zero-order valence-corrected chi connectivity index (χ0v) is 25.2. The summed E-state index contributed by atoms with van der Waals surface area (Å²) in [7, 11) is -4.74. The van der Waals surface area contributed by atoms with Gasteiger partial charge in [0.25, 0.3) is 0 Å². The predicted octanol–water partition coefficient (Wildman–Crippen LogP) is 6.12. The Kier molecular flexibility index (Phi) is 24.5. The van der Waals surface area contributed by atoms with E-state index in [4.69, 9.17) is 19.3 Å². The van der Waals surface area contributed by atoms with E-state index in [1.165, 1.54) is 45.4 Å². The topological polar surface area (TPSA) is 148 Å². The molecule has 39 heavy (non-hydrogen) atoms. The van der Waals surface area contributed by atoms with E-state index >= 15 is 0 Å². The molecule has 1 amide bonds. The van der Waals surface area contributed by atoms with Crippen LogP contribution in [0.1, 0.15) is 136 Å². The molecule has 0 fully saturated rings. The van der Waals surface area contributed by atoms with Gasteiger partial charge >= 0.3 is 19.8 Å². The van der Waals surface area contributed by atoms with Crippen molar-refractivity contribution in [2.75, 3.05) is 19.8 Å².